The molecule has 0 amide bonds. The molecule has 3 aromatic rings. The minimum atomic E-state index is -1.17. The van der Waals surface area contributed by atoms with E-state index >= 15 is 0 Å². The van der Waals surface area contributed by atoms with Crippen LogP contribution in [-0.4, -0.2) is 60.5 Å². The number of thiocarbonyl (C=S) groups is 1. The maximum atomic E-state index is 12.5. The van der Waals surface area contributed by atoms with Gasteiger partial charge in [0.2, 0.25) is 0 Å². The second kappa shape index (κ2) is 11.8. The highest BCUT2D eigenvalue weighted by molar-refractivity contribution is 7.80. The third kappa shape index (κ3) is 5.88. The summed E-state index contributed by atoms with van der Waals surface area (Å²) in [6.07, 6.45) is 4.18. The van der Waals surface area contributed by atoms with Crippen molar-refractivity contribution in [1.82, 2.24) is 14.9 Å². The molecule has 6 rings (SSSR count). The largest absolute Gasteiger partial charge is 0.508 e. The molecule has 3 atom stereocenters. The Balaban J connectivity index is 1.21. The van der Waals surface area contributed by atoms with Crippen molar-refractivity contribution < 1.29 is 29.6 Å². The number of benzene rings is 2. The molecular formula is C32H28N4O8S. The Labute approximate surface area is 261 Å². The Kier molecular flexibility index (Phi) is 7.83. The van der Waals surface area contributed by atoms with Gasteiger partial charge in [-0.3, -0.25) is 19.1 Å². The van der Waals surface area contributed by atoms with E-state index < -0.39 is 35.7 Å². The molecule has 0 saturated carbocycles. The number of aromatic amines is 1. The summed E-state index contributed by atoms with van der Waals surface area (Å²) >= 11 is 5.42. The molecule has 12 nitrogen and oxygen atoms in total. The van der Waals surface area contributed by atoms with Crippen LogP contribution in [0.1, 0.15) is 45.3 Å². The number of phenols is 1. The van der Waals surface area contributed by atoms with Gasteiger partial charge in [0.05, 0.1) is 11.7 Å². The molecule has 0 radical (unpaired) electrons. The first kappa shape index (κ1) is 29.9. The van der Waals surface area contributed by atoms with Crippen LogP contribution in [0.2, 0.25) is 0 Å². The number of ether oxygens (including phenoxy) is 1. The molecule has 2 heterocycles. The Bertz CT molecular complexity index is 1990. The molecule has 6 N–H and O–H groups in total. The van der Waals surface area contributed by atoms with Gasteiger partial charge in [0.15, 0.2) is 10.9 Å². The van der Waals surface area contributed by atoms with Crippen molar-refractivity contribution in [2.75, 3.05) is 11.9 Å². The molecule has 13 heteroatoms. The fraction of sp³-hybridized carbons (Fsp3) is 0.219. The van der Waals surface area contributed by atoms with Crippen molar-refractivity contribution >= 4 is 40.3 Å². The zero-order chi connectivity index (χ0) is 32.0. The summed E-state index contributed by atoms with van der Waals surface area (Å²) in [6.45, 7) is 1.65. The monoisotopic (exact) mass is 628 g/mol. The number of anilines is 1. The molecule has 1 aliphatic heterocycles. The van der Waals surface area contributed by atoms with Crippen LogP contribution in [0, 0.1) is 6.92 Å². The van der Waals surface area contributed by atoms with E-state index in [0.717, 1.165) is 22.3 Å². The third-order valence-electron chi connectivity index (χ3n) is 7.99. The molecule has 2 aromatic carbocycles. The number of carboxylic acid groups (broad SMARTS) is 1. The van der Waals surface area contributed by atoms with Gasteiger partial charge in [0.25, 0.3) is 5.56 Å². The summed E-state index contributed by atoms with van der Waals surface area (Å²) in [6, 6.07) is 9.70. The lowest BCUT2D eigenvalue weighted by molar-refractivity contribution is -0.110. The number of hydrogen-bond acceptors (Lipinski definition) is 8. The topological polar surface area (TPSA) is 183 Å². The number of aromatic hydroxyl groups is 1. The maximum absolute atomic E-state index is 12.5. The molecule has 2 aliphatic carbocycles. The lowest BCUT2D eigenvalue weighted by atomic mass is 9.76. The maximum Gasteiger partial charge on any atom is 0.336 e. The van der Waals surface area contributed by atoms with E-state index in [0.29, 0.717) is 28.8 Å². The van der Waals surface area contributed by atoms with Crippen molar-refractivity contribution in [2.45, 2.75) is 38.2 Å². The smallest absolute Gasteiger partial charge is 0.336 e. The first-order valence-electron chi connectivity index (χ1n) is 14.1. The number of carboxylic acids is 1. The van der Waals surface area contributed by atoms with Crippen molar-refractivity contribution in [2.24, 2.45) is 0 Å². The highest BCUT2D eigenvalue weighted by Gasteiger charge is 2.35. The lowest BCUT2D eigenvalue weighted by Crippen LogP contribution is -2.39. The average Bonchev–Trinajstić information content (AvgIpc) is 3.36. The van der Waals surface area contributed by atoms with Gasteiger partial charge in [0.1, 0.15) is 18.1 Å². The molecule has 1 aromatic heterocycles. The summed E-state index contributed by atoms with van der Waals surface area (Å²) < 4.78 is 7.10. The summed E-state index contributed by atoms with van der Waals surface area (Å²) in [5.41, 5.74) is 3.65. The molecule has 230 valence electrons. The predicted octanol–water partition coefficient (Wildman–Crippen LogP) is 2.31. The molecule has 0 spiro atoms. The van der Waals surface area contributed by atoms with Crippen molar-refractivity contribution in [3.05, 3.63) is 121 Å². The quantitative estimate of drug-likeness (QED) is 0.220. The van der Waals surface area contributed by atoms with Gasteiger partial charge >= 0.3 is 11.7 Å². The van der Waals surface area contributed by atoms with Crippen LogP contribution in [0.4, 0.5) is 5.69 Å². The summed E-state index contributed by atoms with van der Waals surface area (Å²) in [7, 11) is 0. The molecule has 1 fully saturated rings. The minimum Gasteiger partial charge on any atom is -0.508 e. The number of aliphatic hydroxyl groups is 1. The van der Waals surface area contributed by atoms with Crippen LogP contribution in [-0.2, 0) is 16.0 Å². The van der Waals surface area contributed by atoms with E-state index in [1.54, 1.807) is 43.3 Å². The second-order valence-electron chi connectivity index (χ2n) is 11.0. The van der Waals surface area contributed by atoms with Crippen molar-refractivity contribution in [1.29, 1.82) is 0 Å². The summed E-state index contributed by atoms with van der Waals surface area (Å²) in [4.78, 5) is 50.8. The highest BCUT2D eigenvalue weighted by atomic mass is 32.1. The van der Waals surface area contributed by atoms with Crippen LogP contribution < -0.4 is 21.9 Å². The number of aromatic carboxylic acids is 1. The number of H-pyrrole nitrogens is 1. The number of aliphatic hydroxyl groups excluding tert-OH is 1. The van der Waals surface area contributed by atoms with E-state index in [2.05, 4.69) is 15.6 Å². The number of ketones is 1. The number of nitrogens with one attached hydrogen (secondary N) is 3. The second-order valence-corrected chi connectivity index (χ2v) is 11.4. The van der Waals surface area contributed by atoms with Gasteiger partial charge in [-0.25, -0.2) is 9.59 Å². The number of rotatable bonds is 6. The molecule has 45 heavy (non-hydrogen) atoms. The van der Waals surface area contributed by atoms with Gasteiger partial charge in [0, 0.05) is 30.4 Å². The number of aryl methyl sites for hydroxylation is 1. The number of nitrogens with zero attached hydrogens (tertiary/aromatic N) is 1. The number of allylic oxidation sites excluding steroid dienone is 5. The van der Waals surface area contributed by atoms with Gasteiger partial charge < -0.3 is 30.7 Å². The number of fused-ring (bicyclic) bond motifs is 2. The van der Waals surface area contributed by atoms with E-state index in [4.69, 9.17) is 17.0 Å². The first-order chi connectivity index (χ1) is 21.5. The molecular weight excluding hydrogens is 600 g/mol. The number of carbonyl (C=O) groups excluding carboxylic acids is 1. The average molecular weight is 629 g/mol. The first-order valence-corrected chi connectivity index (χ1v) is 14.5. The zero-order valence-electron chi connectivity index (χ0n) is 23.9. The van der Waals surface area contributed by atoms with E-state index in [-0.39, 0.29) is 35.2 Å². The SMILES string of the molecule is Cc1cn([C@@H]2C[C@H](O)[C@@H](CNC(=S)Nc3ccc(C4=C5C=CC(=O)C=C5Cc5cc(O)ccc54)c(C(=O)O)c3)O2)c(=O)[nH]c1=O. The van der Waals surface area contributed by atoms with Crippen LogP contribution in [0.3, 0.4) is 0 Å². The Morgan fingerprint density at radius 1 is 1.13 bits per heavy atom. The van der Waals surface area contributed by atoms with Crippen LogP contribution in [0.25, 0.3) is 5.57 Å². The van der Waals surface area contributed by atoms with Gasteiger partial charge in [-0.05, 0) is 95.4 Å². The fourth-order valence-electron chi connectivity index (χ4n) is 5.83. The van der Waals surface area contributed by atoms with E-state index in [9.17, 15) is 34.5 Å². The van der Waals surface area contributed by atoms with Gasteiger partial charge in [-0.1, -0.05) is 18.2 Å². The number of carbonyl (C=O) groups is 2. The van der Waals surface area contributed by atoms with Crippen molar-refractivity contribution in [3.8, 4) is 5.75 Å². The fourth-order valence-corrected chi connectivity index (χ4v) is 6.03. The molecule has 0 unspecified atom stereocenters. The van der Waals surface area contributed by atoms with E-state index in [1.807, 2.05) is 0 Å². The van der Waals surface area contributed by atoms with Crippen LogP contribution in [0.5, 0.6) is 5.75 Å². The van der Waals surface area contributed by atoms with Crippen LogP contribution in [0.15, 0.2) is 81.6 Å². The van der Waals surface area contributed by atoms with Gasteiger partial charge in [-0.2, -0.15) is 0 Å². The summed E-state index contributed by atoms with van der Waals surface area (Å²) in [5.74, 6) is -1.27. The molecule has 3 aliphatic rings. The third-order valence-corrected chi connectivity index (χ3v) is 8.23. The highest BCUT2D eigenvalue weighted by Crippen LogP contribution is 2.43. The number of phenolic OH excluding ortho intramolecular Hbond substituents is 1. The number of hydrogen-bond donors (Lipinski definition) is 6. The van der Waals surface area contributed by atoms with E-state index in [1.165, 1.54) is 29.0 Å². The Morgan fingerprint density at radius 3 is 2.69 bits per heavy atom. The molecule has 1 saturated heterocycles. The van der Waals surface area contributed by atoms with Gasteiger partial charge in [-0.15, -0.1) is 0 Å². The normalized spacial score (nSPS) is 20.4. The Hall–Kier alpha value is -5.11. The van der Waals surface area contributed by atoms with Crippen LogP contribution >= 0.6 is 12.2 Å². The zero-order valence-corrected chi connectivity index (χ0v) is 24.7. The summed E-state index contributed by atoms with van der Waals surface area (Å²) in [5, 5.41) is 36.9. The number of aromatic nitrogens is 2. The standard InChI is InChI=1S/C32H28N4O8S/c1-15-14-36(32(43)35-29(15)40)27-12-25(39)26(44-27)13-33-31(45)34-18-2-5-23(24(11-18)30(41)42)28-21-6-3-19(37)9-16(21)8-17-10-20(38)4-7-22(17)28/h2-7,9-11,14,25-27,37,39H,8,12-13H2,1H3,(H,41,42)(H2,33,34,45)(H,35,40,43)/t25-,26+,27-/m0/s1. The molecule has 0 bridgehead atoms. The predicted molar refractivity (Wildman–Crippen MR) is 168 cm³/mol. The Morgan fingerprint density at radius 2 is 1.91 bits per heavy atom. The lowest BCUT2D eigenvalue weighted by Gasteiger charge is -2.27. The minimum absolute atomic E-state index is 0.00472. The van der Waals surface area contributed by atoms with Crippen molar-refractivity contribution in [3.63, 3.8) is 0 Å².